The van der Waals surface area contributed by atoms with Crippen molar-refractivity contribution >= 4 is 33.4 Å². The van der Waals surface area contributed by atoms with Crippen LogP contribution in [0, 0.1) is 0 Å². The van der Waals surface area contributed by atoms with Crippen molar-refractivity contribution in [3.8, 4) is 11.5 Å². The number of nitrogens with one attached hydrogen (secondary N) is 1. The summed E-state index contributed by atoms with van der Waals surface area (Å²) in [6.45, 7) is 0.579. The van der Waals surface area contributed by atoms with E-state index >= 15 is 0 Å². The second kappa shape index (κ2) is 5.95. The van der Waals surface area contributed by atoms with Crippen LogP contribution in [0.25, 0.3) is 0 Å². The number of rotatable bonds is 3. The van der Waals surface area contributed by atoms with Crippen molar-refractivity contribution in [3.05, 3.63) is 57.0 Å². The molecule has 2 aromatic rings. The van der Waals surface area contributed by atoms with E-state index in [4.69, 9.17) is 21.1 Å². The quantitative estimate of drug-likeness (QED) is 0.897. The Labute approximate surface area is 135 Å². The molecule has 0 atom stereocenters. The molecule has 1 aliphatic heterocycles. The lowest BCUT2D eigenvalue weighted by Gasteiger charge is -2.08. The van der Waals surface area contributed by atoms with Gasteiger partial charge in [-0.1, -0.05) is 23.7 Å². The number of amides is 1. The Balaban J connectivity index is 1.72. The molecule has 0 saturated heterocycles. The minimum atomic E-state index is -0.177. The summed E-state index contributed by atoms with van der Waals surface area (Å²) in [7, 11) is 0. The zero-order valence-electron chi connectivity index (χ0n) is 10.9. The molecule has 108 valence electrons. The number of benzene rings is 2. The average molecular weight is 369 g/mol. The van der Waals surface area contributed by atoms with E-state index in [1.54, 1.807) is 18.2 Å². The fourth-order valence-corrected chi connectivity index (χ4v) is 2.54. The molecule has 0 saturated carbocycles. The predicted molar refractivity (Wildman–Crippen MR) is 82.9 cm³/mol. The molecule has 0 unspecified atom stereocenters. The molecule has 21 heavy (non-hydrogen) atoms. The van der Waals surface area contributed by atoms with Gasteiger partial charge in [-0.3, -0.25) is 4.79 Å². The van der Waals surface area contributed by atoms with Gasteiger partial charge in [0.25, 0.3) is 5.91 Å². The fourth-order valence-electron chi connectivity index (χ4n) is 2.04. The molecule has 1 aliphatic rings. The molecule has 4 nitrogen and oxygen atoms in total. The van der Waals surface area contributed by atoms with Gasteiger partial charge < -0.3 is 14.8 Å². The molecule has 1 heterocycles. The minimum absolute atomic E-state index is 0.177. The van der Waals surface area contributed by atoms with Crippen LogP contribution < -0.4 is 14.8 Å². The molecule has 0 aliphatic carbocycles. The van der Waals surface area contributed by atoms with Crippen LogP contribution >= 0.6 is 27.5 Å². The summed E-state index contributed by atoms with van der Waals surface area (Å²) in [5.41, 5.74) is 1.42. The summed E-state index contributed by atoms with van der Waals surface area (Å²) in [6.07, 6.45) is 0. The Kier molecular flexibility index (Phi) is 4.03. The highest BCUT2D eigenvalue weighted by molar-refractivity contribution is 9.10. The predicted octanol–water partition coefficient (Wildman–Crippen LogP) is 3.76. The SMILES string of the molecule is O=C(NCc1cccc2c1OCO2)c1ccc(Cl)c(Br)c1. The molecule has 0 fully saturated rings. The summed E-state index contributed by atoms with van der Waals surface area (Å²) < 4.78 is 11.4. The molecule has 3 rings (SSSR count). The van der Waals surface area contributed by atoms with Gasteiger partial charge in [0.1, 0.15) is 0 Å². The number of carbonyl (C=O) groups is 1. The van der Waals surface area contributed by atoms with Gasteiger partial charge in [-0.15, -0.1) is 0 Å². The van der Waals surface area contributed by atoms with E-state index < -0.39 is 0 Å². The highest BCUT2D eigenvalue weighted by Gasteiger charge is 2.17. The molecule has 0 spiro atoms. The van der Waals surface area contributed by atoms with Crippen molar-refractivity contribution in [2.45, 2.75) is 6.54 Å². The molecule has 1 N–H and O–H groups in total. The molecule has 0 radical (unpaired) electrons. The zero-order chi connectivity index (χ0) is 14.8. The highest BCUT2D eigenvalue weighted by atomic mass is 79.9. The van der Waals surface area contributed by atoms with Crippen molar-refractivity contribution in [2.24, 2.45) is 0 Å². The van der Waals surface area contributed by atoms with Crippen molar-refractivity contribution in [2.75, 3.05) is 6.79 Å². The van der Waals surface area contributed by atoms with Crippen LogP contribution in [-0.2, 0) is 6.54 Å². The van der Waals surface area contributed by atoms with E-state index in [1.807, 2.05) is 18.2 Å². The first kappa shape index (κ1) is 14.2. The number of para-hydroxylation sites is 1. The summed E-state index contributed by atoms with van der Waals surface area (Å²) in [5, 5.41) is 3.42. The van der Waals surface area contributed by atoms with Crippen LogP contribution in [0.5, 0.6) is 11.5 Å². The topological polar surface area (TPSA) is 47.6 Å². The van der Waals surface area contributed by atoms with E-state index in [0.29, 0.717) is 33.1 Å². The Hall–Kier alpha value is -1.72. The van der Waals surface area contributed by atoms with Crippen molar-refractivity contribution in [1.29, 1.82) is 0 Å². The maximum absolute atomic E-state index is 12.1. The largest absolute Gasteiger partial charge is 0.454 e. The second-order valence-corrected chi connectivity index (χ2v) is 5.72. The van der Waals surface area contributed by atoms with E-state index in [-0.39, 0.29) is 12.7 Å². The molecule has 0 bridgehead atoms. The number of carbonyl (C=O) groups excluding carboxylic acids is 1. The number of halogens is 2. The normalized spacial score (nSPS) is 12.3. The molecule has 2 aromatic carbocycles. The molecule has 6 heteroatoms. The summed E-state index contributed by atoms with van der Waals surface area (Å²) >= 11 is 9.22. The van der Waals surface area contributed by atoms with Crippen LogP contribution in [0.2, 0.25) is 5.02 Å². The van der Waals surface area contributed by atoms with Gasteiger partial charge in [0.2, 0.25) is 6.79 Å². The number of ether oxygens (including phenoxy) is 2. The van der Waals surface area contributed by atoms with Gasteiger partial charge in [0, 0.05) is 22.1 Å². The van der Waals surface area contributed by atoms with Crippen LogP contribution in [0.15, 0.2) is 40.9 Å². The number of hydrogen-bond donors (Lipinski definition) is 1. The van der Waals surface area contributed by atoms with Crippen LogP contribution in [0.3, 0.4) is 0 Å². The van der Waals surface area contributed by atoms with Crippen LogP contribution in [0.1, 0.15) is 15.9 Å². The number of hydrogen-bond acceptors (Lipinski definition) is 3. The summed E-state index contributed by atoms with van der Waals surface area (Å²) in [4.78, 5) is 12.1. The maximum Gasteiger partial charge on any atom is 0.251 e. The summed E-state index contributed by atoms with van der Waals surface area (Å²) in [5.74, 6) is 1.22. The third-order valence-corrected chi connectivity index (χ3v) is 4.31. The lowest BCUT2D eigenvalue weighted by atomic mass is 10.1. The molecular weight excluding hydrogens is 358 g/mol. The molecular formula is C15H11BrClNO3. The van der Waals surface area contributed by atoms with E-state index in [9.17, 15) is 4.79 Å². The first-order valence-electron chi connectivity index (χ1n) is 6.26. The third kappa shape index (κ3) is 2.99. The van der Waals surface area contributed by atoms with Crippen molar-refractivity contribution < 1.29 is 14.3 Å². The van der Waals surface area contributed by atoms with Crippen molar-refractivity contribution in [3.63, 3.8) is 0 Å². The molecule has 1 amide bonds. The standard InChI is InChI=1S/C15H11BrClNO3/c16-11-6-9(4-5-12(11)17)15(19)18-7-10-2-1-3-13-14(10)21-8-20-13/h1-6H,7-8H2,(H,18,19). The van der Waals surface area contributed by atoms with E-state index in [0.717, 1.165) is 5.56 Å². The monoisotopic (exact) mass is 367 g/mol. The second-order valence-electron chi connectivity index (χ2n) is 4.46. The Bertz CT molecular complexity index is 705. The van der Waals surface area contributed by atoms with E-state index in [2.05, 4.69) is 21.2 Å². The lowest BCUT2D eigenvalue weighted by Crippen LogP contribution is -2.22. The average Bonchev–Trinajstić information content (AvgIpc) is 2.96. The number of fused-ring (bicyclic) bond motifs is 1. The minimum Gasteiger partial charge on any atom is -0.454 e. The van der Waals surface area contributed by atoms with Crippen LogP contribution in [-0.4, -0.2) is 12.7 Å². The van der Waals surface area contributed by atoms with Gasteiger partial charge in [-0.05, 0) is 40.2 Å². The van der Waals surface area contributed by atoms with Gasteiger partial charge in [-0.25, -0.2) is 0 Å². The van der Waals surface area contributed by atoms with Crippen molar-refractivity contribution in [1.82, 2.24) is 5.32 Å². The smallest absolute Gasteiger partial charge is 0.251 e. The van der Waals surface area contributed by atoms with Crippen LogP contribution in [0.4, 0.5) is 0 Å². The lowest BCUT2D eigenvalue weighted by molar-refractivity contribution is 0.0950. The van der Waals surface area contributed by atoms with Gasteiger partial charge in [0.15, 0.2) is 11.5 Å². The zero-order valence-corrected chi connectivity index (χ0v) is 13.2. The Morgan fingerprint density at radius 3 is 2.95 bits per heavy atom. The van der Waals surface area contributed by atoms with Gasteiger partial charge >= 0.3 is 0 Å². The fraction of sp³-hybridized carbons (Fsp3) is 0.133. The summed E-state index contributed by atoms with van der Waals surface area (Å²) in [6, 6.07) is 10.6. The molecule has 0 aromatic heterocycles. The van der Waals surface area contributed by atoms with E-state index in [1.165, 1.54) is 0 Å². The maximum atomic E-state index is 12.1. The first-order valence-corrected chi connectivity index (χ1v) is 7.43. The Morgan fingerprint density at radius 1 is 1.29 bits per heavy atom. The van der Waals surface area contributed by atoms with Gasteiger partial charge in [0.05, 0.1) is 5.02 Å². The first-order chi connectivity index (χ1) is 10.1. The van der Waals surface area contributed by atoms with Gasteiger partial charge in [-0.2, -0.15) is 0 Å². The third-order valence-electron chi connectivity index (χ3n) is 3.10. The highest BCUT2D eigenvalue weighted by Crippen LogP contribution is 2.35. The Morgan fingerprint density at radius 2 is 2.14 bits per heavy atom.